The zero-order chi connectivity index (χ0) is 12.7. The van der Waals surface area contributed by atoms with Crippen LogP contribution in [0.3, 0.4) is 0 Å². The molecule has 0 radical (unpaired) electrons. The molecule has 1 unspecified atom stereocenters. The van der Waals surface area contributed by atoms with E-state index < -0.39 is 6.10 Å². The first-order chi connectivity index (χ1) is 8.15. The number of nitrogens with zero attached hydrogens (tertiary/aromatic N) is 3. The second-order valence-corrected chi connectivity index (χ2v) is 4.61. The van der Waals surface area contributed by atoms with Crippen LogP contribution >= 0.6 is 23.4 Å². The van der Waals surface area contributed by atoms with Crippen molar-refractivity contribution in [3.05, 3.63) is 5.28 Å². The lowest BCUT2D eigenvalue weighted by atomic mass is 10.4. The topological polar surface area (TPSA) is 91.2 Å². The normalized spacial score (nSPS) is 12.5. The van der Waals surface area contributed by atoms with Crippen molar-refractivity contribution in [2.75, 3.05) is 24.2 Å². The van der Waals surface area contributed by atoms with Gasteiger partial charge in [-0.1, -0.05) is 18.7 Å². The molecule has 0 fully saturated rings. The van der Waals surface area contributed by atoms with Crippen LogP contribution in [0.25, 0.3) is 0 Å². The molecule has 0 bridgehead atoms. The van der Waals surface area contributed by atoms with Crippen LogP contribution in [0.15, 0.2) is 5.16 Å². The molecule has 0 aliphatic heterocycles. The van der Waals surface area contributed by atoms with Gasteiger partial charge >= 0.3 is 0 Å². The number of aliphatic hydroxyl groups excluding tert-OH is 2. The smallest absolute Gasteiger partial charge is 0.228 e. The van der Waals surface area contributed by atoms with Gasteiger partial charge in [-0.25, -0.2) is 0 Å². The highest BCUT2D eigenvalue weighted by Crippen LogP contribution is 2.17. The standard InChI is InChI=1S/C9H15ClN4O2S/c1-2-3-11-8-12-7(10)13-9(14-8)17-5-6(16)4-15/h6,15-16H,2-5H2,1H3,(H,11,12,13,14). The molecule has 0 aliphatic carbocycles. The van der Waals surface area contributed by atoms with Gasteiger partial charge in [0.25, 0.3) is 0 Å². The Hall–Kier alpha value is -0.630. The molecular formula is C9H15ClN4O2S. The molecule has 6 nitrogen and oxygen atoms in total. The minimum atomic E-state index is -0.789. The SMILES string of the molecule is CCCNc1nc(Cl)nc(SCC(O)CO)n1. The summed E-state index contributed by atoms with van der Waals surface area (Å²) in [4.78, 5) is 12.0. The van der Waals surface area contributed by atoms with Crippen molar-refractivity contribution in [3.63, 3.8) is 0 Å². The van der Waals surface area contributed by atoms with Crippen LogP contribution in [0.5, 0.6) is 0 Å². The number of aliphatic hydroxyl groups is 2. The van der Waals surface area contributed by atoms with Gasteiger partial charge in [0, 0.05) is 12.3 Å². The number of thioether (sulfide) groups is 1. The molecule has 1 rings (SSSR count). The van der Waals surface area contributed by atoms with E-state index in [1.165, 1.54) is 11.8 Å². The fourth-order valence-corrected chi connectivity index (χ4v) is 1.89. The summed E-state index contributed by atoms with van der Waals surface area (Å²) >= 11 is 6.97. The van der Waals surface area contributed by atoms with Crippen molar-refractivity contribution in [2.45, 2.75) is 24.6 Å². The maximum atomic E-state index is 9.21. The Balaban J connectivity index is 2.61. The molecule has 96 valence electrons. The second kappa shape index (κ2) is 7.65. The maximum Gasteiger partial charge on any atom is 0.228 e. The predicted octanol–water partition coefficient (Wildman–Crippen LogP) is 0.792. The fourth-order valence-electron chi connectivity index (χ4n) is 0.936. The Kier molecular flexibility index (Phi) is 6.49. The van der Waals surface area contributed by atoms with Crippen molar-refractivity contribution in [2.24, 2.45) is 0 Å². The van der Waals surface area contributed by atoms with Crippen LogP contribution in [-0.4, -0.2) is 50.2 Å². The number of rotatable bonds is 7. The highest BCUT2D eigenvalue weighted by Gasteiger charge is 2.08. The Morgan fingerprint density at radius 1 is 1.41 bits per heavy atom. The lowest BCUT2D eigenvalue weighted by molar-refractivity contribution is 0.113. The molecule has 0 saturated carbocycles. The van der Waals surface area contributed by atoms with Crippen molar-refractivity contribution in [1.29, 1.82) is 0 Å². The Morgan fingerprint density at radius 3 is 2.82 bits per heavy atom. The molecule has 1 aromatic rings. The Morgan fingerprint density at radius 2 is 2.18 bits per heavy atom. The summed E-state index contributed by atoms with van der Waals surface area (Å²) in [6, 6.07) is 0. The molecule has 0 amide bonds. The first kappa shape index (κ1) is 14.4. The van der Waals surface area contributed by atoms with Crippen LogP contribution in [0.4, 0.5) is 5.95 Å². The van der Waals surface area contributed by atoms with Gasteiger partial charge in [-0.05, 0) is 18.0 Å². The first-order valence-electron chi connectivity index (χ1n) is 5.23. The van der Waals surface area contributed by atoms with Gasteiger partial charge in [0.05, 0.1) is 12.7 Å². The van der Waals surface area contributed by atoms with Crippen molar-refractivity contribution in [3.8, 4) is 0 Å². The van der Waals surface area contributed by atoms with E-state index in [4.69, 9.17) is 16.7 Å². The summed E-state index contributed by atoms with van der Waals surface area (Å²) in [5.74, 6) is 0.734. The number of nitrogens with one attached hydrogen (secondary N) is 1. The van der Waals surface area contributed by atoms with Gasteiger partial charge in [0.1, 0.15) is 0 Å². The molecular weight excluding hydrogens is 264 g/mol. The van der Waals surface area contributed by atoms with E-state index in [1.54, 1.807) is 0 Å². The summed E-state index contributed by atoms with van der Waals surface area (Å²) in [6.07, 6.45) is 0.164. The Bertz CT molecular complexity index is 356. The second-order valence-electron chi connectivity index (χ2n) is 3.28. The minimum Gasteiger partial charge on any atom is -0.394 e. The molecule has 1 atom stereocenters. The van der Waals surface area contributed by atoms with Gasteiger partial charge in [0.15, 0.2) is 5.16 Å². The number of halogens is 1. The average Bonchev–Trinajstić information content (AvgIpc) is 2.32. The largest absolute Gasteiger partial charge is 0.394 e. The fraction of sp³-hybridized carbons (Fsp3) is 0.667. The van der Waals surface area contributed by atoms with Gasteiger partial charge in [-0.3, -0.25) is 0 Å². The quantitative estimate of drug-likeness (QED) is 0.635. The van der Waals surface area contributed by atoms with E-state index in [-0.39, 0.29) is 11.9 Å². The van der Waals surface area contributed by atoms with Crippen molar-refractivity contribution in [1.82, 2.24) is 15.0 Å². The van der Waals surface area contributed by atoms with Crippen LogP contribution in [0.2, 0.25) is 5.28 Å². The summed E-state index contributed by atoms with van der Waals surface area (Å²) in [7, 11) is 0. The highest BCUT2D eigenvalue weighted by molar-refractivity contribution is 7.99. The number of aromatic nitrogens is 3. The van der Waals surface area contributed by atoms with E-state index in [0.717, 1.165) is 13.0 Å². The molecule has 0 aliphatic rings. The predicted molar refractivity (Wildman–Crippen MR) is 67.4 cm³/mol. The lowest BCUT2D eigenvalue weighted by Gasteiger charge is -2.07. The Labute approximate surface area is 109 Å². The average molecular weight is 279 g/mol. The van der Waals surface area contributed by atoms with E-state index >= 15 is 0 Å². The van der Waals surface area contributed by atoms with Crippen LogP contribution < -0.4 is 5.32 Å². The van der Waals surface area contributed by atoms with Crippen molar-refractivity contribution < 1.29 is 10.2 Å². The highest BCUT2D eigenvalue weighted by atomic mass is 35.5. The lowest BCUT2D eigenvalue weighted by Crippen LogP contribution is -2.15. The van der Waals surface area contributed by atoms with Crippen LogP contribution in [0, 0.1) is 0 Å². The monoisotopic (exact) mass is 278 g/mol. The number of anilines is 1. The number of hydrogen-bond donors (Lipinski definition) is 3. The van der Waals surface area contributed by atoms with Crippen molar-refractivity contribution >= 4 is 29.3 Å². The molecule has 0 aromatic carbocycles. The molecule has 0 saturated heterocycles. The minimum absolute atomic E-state index is 0.111. The van der Waals surface area contributed by atoms with Gasteiger partial charge in [-0.15, -0.1) is 0 Å². The third-order valence-electron chi connectivity index (χ3n) is 1.74. The van der Waals surface area contributed by atoms with Crippen LogP contribution in [-0.2, 0) is 0 Å². The van der Waals surface area contributed by atoms with Gasteiger partial charge < -0.3 is 15.5 Å². The summed E-state index contributed by atoms with van der Waals surface area (Å²) < 4.78 is 0. The molecule has 3 N–H and O–H groups in total. The summed E-state index contributed by atoms with van der Waals surface area (Å²) in [5, 5.41) is 21.4. The zero-order valence-corrected chi connectivity index (χ0v) is 11.0. The summed E-state index contributed by atoms with van der Waals surface area (Å²) in [5.41, 5.74) is 0. The van der Waals surface area contributed by atoms with Crippen LogP contribution in [0.1, 0.15) is 13.3 Å². The third kappa shape index (κ3) is 5.49. The van der Waals surface area contributed by atoms with E-state index in [0.29, 0.717) is 16.9 Å². The van der Waals surface area contributed by atoms with E-state index in [9.17, 15) is 5.11 Å². The van der Waals surface area contributed by atoms with Gasteiger partial charge in [0.2, 0.25) is 11.2 Å². The van der Waals surface area contributed by atoms with Gasteiger partial charge in [-0.2, -0.15) is 15.0 Å². The maximum absolute atomic E-state index is 9.21. The molecule has 1 aromatic heterocycles. The van der Waals surface area contributed by atoms with E-state index in [2.05, 4.69) is 20.3 Å². The van der Waals surface area contributed by atoms with E-state index in [1.807, 2.05) is 6.92 Å². The zero-order valence-electron chi connectivity index (χ0n) is 9.43. The molecule has 1 heterocycles. The first-order valence-corrected chi connectivity index (χ1v) is 6.59. The summed E-state index contributed by atoms with van der Waals surface area (Å²) in [6.45, 7) is 2.50. The number of hydrogen-bond acceptors (Lipinski definition) is 7. The molecule has 0 spiro atoms. The molecule has 8 heteroatoms. The molecule has 17 heavy (non-hydrogen) atoms. The third-order valence-corrected chi connectivity index (χ3v) is 2.90.